The van der Waals surface area contributed by atoms with Gasteiger partial charge in [-0.2, -0.15) is 0 Å². The molecule has 0 aromatic carbocycles. The van der Waals surface area contributed by atoms with Crippen molar-refractivity contribution in [2.24, 2.45) is 0 Å². The number of nitrogens with zero attached hydrogens (tertiary/aromatic N) is 5. The summed E-state index contributed by atoms with van der Waals surface area (Å²) in [6, 6.07) is 0. The van der Waals surface area contributed by atoms with Crippen molar-refractivity contribution in [2.45, 2.75) is 52.5 Å². The van der Waals surface area contributed by atoms with Crippen molar-refractivity contribution < 1.29 is 9.53 Å². The van der Waals surface area contributed by atoms with E-state index >= 15 is 0 Å². The topological polar surface area (TPSA) is 94.8 Å². The first kappa shape index (κ1) is 18.8. The number of fused-ring (bicyclic) bond motifs is 2. The Hall–Kier alpha value is -2.55. The number of esters is 1. The summed E-state index contributed by atoms with van der Waals surface area (Å²) in [6.07, 6.45) is 6.78. The van der Waals surface area contributed by atoms with E-state index in [1.165, 1.54) is 30.5 Å². The fourth-order valence-electron chi connectivity index (χ4n) is 3.60. The summed E-state index contributed by atoms with van der Waals surface area (Å²) in [7, 11) is 0. The van der Waals surface area contributed by atoms with E-state index in [-0.39, 0.29) is 5.97 Å². The summed E-state index contributed by atoms with van der Waals surface area (Å²) in [5.41, 5.74) is 0.869. The Balaban J connectivity index is 1.43. The van der Waals surface area contributed by atoms with Gasteiger partial charge in [-0.3, -0.25) is 0 Å². The lowest BCUT2D eigenvalue weighted by Crippen LogP contribution is -2.14. The Labute approximate surface area is 167 Å². The fraction of sp³-hybridized carbons (Fsp3) is 0.526. The highest BCUT2D eigenvalue weighted by Crippen LogP contribution is 2.33. The largest absolute Gasteiger partial charge is 0.462 e. The molecule has 3 aromatic rings. The Morgan fingerprint density at radius 2 is 2.21 bits per heavy atom. The SMILES string of the molecule is CCOC(=O)c1sc2ncnc(NCCCc3nnc4n3CCCC4)c2c1C. The Morgan fingerprint density at radius 3 is 3.07 bits per heavy atom. The van der Waals surface area contributed by atoms with E-state index in [2.05, 4.69) is 30.0 Å². The molecule has 0 amide bonds. The van der Waals surface area contributed by atoms with Gasteiger partial charge in [0.1, 0.15) is 33.5 Å². The van der Waals surface area contributed by atoms with Crippen molar-refractivity contribution in [3.63, 3.8) is 0 Å². The Bertz CT molecular complexity index is 996. The van der Waals surface area contributed by atoms with E-state index in [4.69, 9.17) is 4.74 Å². The maximum atomic E-state index is 12.2. The van der Waals surface area contributed by atoms with Crippen LogP contribution in [0.2, 0.25) is 0 Å². The van der Waals surface area contributed by atoms with Crippen LogP contribution in [0.3, 0.4) is 0 Å². The van der Waals surface area contributed by atoms with Crippen LogP contribution in [0.15, 0.2) is 6.33 Å². The second kappa shape index (κ2) is 8.22. The number of rotatable bonds is 7. The summed E-state index contributed by atoms with van der Waals surface area (Å²) >= 11 is 1.35. The molecule has 0 radical (unpaired) electrons. The lowest BCUT2D eigenvalue weighted by molar-refractivity contribution is 0.0531. The summed E-state index contributed by atoms with van der Waals surface area (Å²) in [5, 5.41) is 13.0. The standard InChI is InChI=1S/C19H24N6O2S/c1-3-27-19(26)16-12(2)15-17(21-11-22-18(15)28-16)20-9-6-8-14-24-23-13-7-4-5-10-25(13)14/h11H,3-10H2,1-2H3,(H,20,21,22). The molecule has 1 N–H and O–H groups in total. The highest BCUT2D eigenvalue weighted by Gasteiger charge is 2.20. The highest BCUT2D eigenvalue weighted by atomic mass is 32.1. The lowest BCUT2D eigenvalue weighted by Gasteiger charge is -2.14. The molecule has 0 bridgehead atoms. The molecule has 0 saturated heterocycles. The molecule has 0 aliphatic carbocycles. The molecule has 1 aliphatic heterocycles. The third kappa shape index (κ3) is 3.58. The van der Waals surface area contributed by atoms with Crippen molar-refractivity contribution in [1.82, 2.24) is 24.7 Å². The van der Waals surface area contributed by atoms with E-state index in [1.54, 1.807) is 6.92 Å². The maximum absolute atomic E-state index is 12.2. The average Bonchev–Trinajstić information content (AvgIpc) is 3.27. The van der Waals surface area contributed by atoms with Crippen LogP contribution in [0.5, 0.6) is 0 Å². The normalized spacial score (nSPS) is 13.5. The number of aromatic nitrogens is 5. The monoisotopic (exact) mass is 400 g/mol. The minimum absolute atomic E-state index is 0.300. The summed E-state index contributed by atoms with van der Waals surface area (Å²) < 4.78 is 7.42. The molecule has 4 heterocycles. The smallest absolute Gasteiger partial charge is 0.348 e. The van der Waals surface area contributed by atoms with Gasteiger partial charge in [-0.25, -0.2) is 14.8 Å². The number of hydrogen-bond acceptors (Lipinski definition) is 8. The third-order valence-electron chi connectivity index (χ3n) is 4.99. The molecule has 148 valence electrons. The number of anilines is 1. The van der Waals surface area contributed by atoms with Crippen molar-refractivity contribution >= 4 is 33.3 Å². The van der Waals surface area contributed by atoms with Gasteiger partial charge in [0.25, 0.3) is 0 Å². The molecule has 9 heteroatoms. The zero-order valence-corrected chi connectivity index (χ0v) is 17.0. The van der Waals surface area contributed by atoms with Crippen LogP contribution in [0.4, 0.5) is 5.82 Å². The Morgan fingerprint density at radius 1 is 1.32 bits per heavy atom. The van der Waals surface area contributed by atoms with Gasteiger partial charge in [0.2, 0.25) is 0 Å². The first-order valence-corrected chi connectivity index (χ1v) is 10.6. The van der Waals surface area contributed by atoms with Gasteiger partial charge >= 0.3 is 5.97 Å². The van der Waals surface area contributed by atoms with Crippen LogP contribution in [0.1, 0.15) is 53.1 Å². The first-order valence-electron chi connectivity index (χ1n) is 9.75. The molecule has 28 heavy (non-hydrogen) atoms. The Kier molecular flexibility index (Phi) is 5.52. The molecule has 8 nitrogen and oxygen atoms in total. The molecule has 0 fully saturated rings. The molecule has 0 unspecified atom stereocenters. The zero-order chi connectivity index (χ0) is 19.5. The molecule has 0 saturated carbocycles. The van der Waals surface area contributed by atoms with E-state index in [0.717, 1.165) is 65.6 Å². The van der Waals surface area contributed by atoms with Crippen molar-refractivity contribution in [3.05, 3.63) is 28.4 Å². The molecule has 0 atom stereocenters. The summed E-state index contributed by atoms with van der Waals surface area (Å²) in [4.78, 5) is 22.3. The highest BCUT2D eigenvalue weighted by molar-refractivity contribution is 7.20. The van der Waals surface area contributed by atoms with Gasteiger partial charge in [-0.05, 0) is 38.7 Å². The molecular weight excluding hydrogens is 376 g/mol. The number of hydrogen-bond donors (Lipinski definition) is 1. The van der Waals surface area contributed by atoms with Crippen LogP contribution < -0.4 is 5.32 Å². The quantitative estimate of drug-likeness (QED) is 0.481. The molecule has 1 aliphatic rings. The maximum Gasteiger partial charge on any atom is 0.348 e. The molecular formula is C19H24N6O2S. The number of ether oxygens (including phenoxy) is 1. The van der Waals surface area contributed by atoms with Gasteiger partial charge in [-0.1, -0.05) is 0 Å². The van der Waals surface area contributed by atoms with Gasteiger partial charge < -0.3 is 14.6 Å². The van der Waals surface area contributed by atoms with Crippen molar-refractivity contribution in [2.75, 3.05) is 18.5 Å². The predicted molar refractivity (Wildman–Crippen MR) is 108 cm³/mol. The van der Waals surface area contributed by atoms with E-state index in [1.807, 2.05) is 6.92 Å². The minimum atomic E-state index is -0.300. The minimum Gasteiger partial charge on any atom is -0.462 e. The predicted octanol–water partition coefficient (Wildman–Crippen LogP) is 3.15. The van der Waals surface area contributed by atoms with Crippen LogP contribution >= 0.6 is 11.3 Å². The van der Waals surface area contributed by atoms with Gasteiger partial charge in [0.15, 0.2) is 0 Å². The number of aryl methyl sites for hydroxylation is 3. The number of carbonyl (C=O) groups is 1. The number of carbonyl (C=O) groups excluding carboxylic acids is 1. The molecule has 4 rings (SSSR count). The van der Waals surface area contributed by atoms with Crippen LogP contribution in [-0.4, -0.2) is 43.9 Å². The lowest BCUT2D eigenvalue weighted by atomic mass is 10.1. The number of nitrogens with one attached hydrogen (secondary N) is 1. The van der Waals surface area contributed by atoms with Crippen LogP contribution in [0, 0.1) is 6.92 Å². The van der Waals surface area contributed by atoms with Crippen LogP contribution in [0.25, 0.3) is 10.2 Å². The third-order valence-corrected chi connectivity index (χ3v) is 6.17. The van der Waals surface area contributed by atoms with Crippen LogP contribution in [-0.2, 0) is 24.1 Å². The first-order chi connectivity index (χ1) is 13.7. The van der Waals surface area contributed by atoms with Gasteiger partial charge in [0, 0.05) is 25.9 Å². The summed E-state index contributed by atoms with van der Waals surface area (Å²) in [5.74, 6) is 2.65. The second-order valence-corrected chi connectivity index (χ2v) is 7.85. The number of thiophene rings is 1. The van der Waals surface area contributed by atoms with Crippen molar-refractivity contribution in [1.29, 1.82) is 0 Å². The van der Waals surface area contributed by atoms with Crippen molar-refractivity contribution in [3.8, 4) is 0 Å². The van der Waals surface area contributed by atoms with Gasteiger partial charge in [-0.15, -0.1) is 21.5 Å². The molecule has 0 spiro atoms. The van der Waals surface area contributed by atoms with E-state index in [0.29, 0.717) is 11.5 Å². The van der Waals surface area contributed by atoms with Gasteiger partial charge in [0.05, 0.1) is 12.0 Å². The second-order valence-electron chi connectivity index (χ2n) is 6.85. The summed E-state index contributed by atoms with van der Waals surface area (Å²) in [6.45, 7) is 5.87. The van der Waals surface area contributed by atoms with E-state index in [9.17, 15) is 4.79 Å². The fourth-order valence-corrected chi connectivity index (χ4v) is 4.65. The van der Waals surface area contributed by atoms with E-state index < -0.39 is 0 Å². The average molecular weight is 401 g/mol. The zero-order valence-electron chi connectivity index (χ0n) is 16.2. The molecule has 3 aromatic heterocycles.